The SMILES string of the molecule is Cc1ccccc1N1CCCN(CC=O)C1=O. The van der Waals surface area contributed by atoms with Crippen molar-refractivity contribution in [2.75, 3.05) is 24.5 Å². The van der Waals surface area contributed by atoms with Crippen LogP contribution in [-0.4, -0.2) is 36.9 Å². The van der Waals surface area contributed by atoms with E-state index in [9.17, 15) is 9.59 Å². The molecule has 1 aliphatic heterocycles. The van der Waals surface area contributed by atoms with Crippen LogP contribution in [0.25, 0.3) is 0 Å². The molecule has 0 saturated carbocycles. The molecule has 4 nitrogen and oxygen atoms in total. The fourth-order valence-corrected chi connectivity index (χ4v) is 2.13. The van der Waals surface area contributed by atoms with E-state index >= 15 is 0 Å². The number of amides is 2. The highest BCUT2D eigenvalue weighted by atomic mass is 16.2. The van der Waals surface area contributed by atoms with Crippen LogP contribution in [0.15, 0.2) is 24.3 Å². The van der Waals surface area contributed by atoms with Crippen LogP contribution >= 0.6 is 0 Å². The monoisotopic (exact) mass is 232 g/mol. The minimum absolute atomic E-state index is 0.0716. The average molecular weight is 232 g/mol. The van der Waals surface area contributed by atoms with Gasteiger partial charge in [0.25, 0.3) is 0 Å². The first-order chi connectivity index (χ1) is 8.24. The molecule has 1 aliphatic rings. The zero-order chi connectivity index (χ0) is 12.3. The maximum atomic E-state index is 12.2. The van der Waals surface area contributed by atoms with Crippen molar-refractivity contribution in [3.05, 3.63) is 29.8 Å². The standard InChI is InChI=1S/C13H16N2O2/c1-11-5-2-3-6-12(11)15-8-4-7-14(9-10-16)13(15)17/h2-3,5-6,10H,4,7-9H2,1H3. The molecule has 0 bridgehead atoms. The summed E-state index contributed by atoms with van der Waals surface area (Å²) >= 11 is 0. The van der Waals surface area contributed by atoms with Gasteiger partial charge in [0.1, 0.15) is 6.29 Å². The minimum atomic E-state index is -0.0716. The Balaban J connectivity index is 2.24. The topological polar surface area (TPSA) is 40.6 Å². The molecule has 1 aromatic carbocycles. The first kappa shape index (κ1) is 11.6. The number of urea groups is 1. The number of aldehydes is 1. The number of carbonyl (C=O) groups excluding carboxylic acids is 2. The Morgan fingerprint density at radius 3 is 2.76 bits per heavy atom. The molecule has 0 atom stereocenters. The van der Waals surface area contributed by atoms with Gasteiger partial charge in [-0.1, -0.05) is 18.2 Å². The minimum Gasteiger partial charge on any atom is -0.317 e. The lowest BCUT2D eigenvalue weighted by atomic mass is 10.1. The van der Waals surface area contributed by atoms with Crippen molar-refractivity contribution in [3.8, 4) is 0 Å². The third-order valence-corrected chi connectivity index (χ3v) is 3.01. The van der Waals surface area contributed by atoms with E-state index in [1.807, 2.05) is 31.2 Å². The molecule has 90 valence electrons. The molecule has 0 aromatic heterocycles. The van der Waals surface area contributed by atoms with Gasteiger partial charge in [0.15, 0.2) is 0 Å². The Kier molecular flexibility index (Phi) is 3.42. The van der Waals surface area contributed by atoms with Crippen molar-refractivity contribution in [3.63, 3.8) is 0 Å². The molecule has 0 unspecified atom stereocenters. The van der Waals surface area contributed by atoms with Crippen LogP contribution in [0.1, 0.15) is 12.0 Å². The highest BCUT2D eigenvalue weighted by Crippen LogP contribution is 2.23. The van der Waals surface area contributed by atoms with Gasteiger partial charge in [0.05, 0.1) is 6.54 Å². The molecule has 2 rings (SSSR count). The number of aryl methyl sites for hydroxylation is 1. The van der Waals surface area contributed by atoms with Crippen molar-refractivity contribution in [2.24, 2.45) is 0 Å². The summed E-state index contributed by atoms with van der Waals surface area (Å²) in [6, 6.07) is 7.74. The lowest BCUT2D eigenvalue weighted by Crippen LogP contribution is -2.50. The van der Waals surface area contributed by atoms with Crippen molar-refractivity contribution in [2.45, 2.75) is 13.3 Å². The maximum Gasteiger partial charge on any atom is 0.324 e. The van der Waals surface area contributed by atoms with Gasteiger partial charge in [0, 0.05) is 18.8 Å². The van der Waals surface area contributed by atoms with Gasteiger partial charge in [-0.25, -0.2) is 4.79 Å². The van der Waals surface area contributed by atoms with Crippen LogP contribution in [0.3, 0.4) is 0 Å². The summed E-state index contributed by atoms with van der Waals surface area (Å²) in [5, 5.41) is 0. The van der Waals surface area contributed by atoms with Gasteiger partial charge >= 0.3 is 6.03 Å². The molecule has 0 radical (unpaired) electrons. The van der Waals surface area contributed by atoms with Gasteiger partial charge in [-0.3, -0.25) is 4.90 Å². The lowest BCUT2D eigenvalue weighted by molar-refractivity contribution is -0.108. The molecule has 1 aromatic rings. The predicted molar refractivity (Wildman–Crippen MR) is 66.2 cm³/mol. The second kappa shape index (κ2) is 4.99. The van der Waals surface area contributed by atoms with Crippen molar-refractivity contribution in [1.29, 1.82) is 0 Å². The van der Waals surface area contributed by atoms with E-state index < -0.39 is 0 Å². The molecule has 0 N–H and O–H groups in total. The van der Waals surface area contributed by atoms with Crippen LogP contribution in [-0.2, 0) is 4.79 Å². The number of benzene rings is 1. The molecule has 0 spiro atoms. The Morgan fingerprint density at radius 1 is 1.29 bits per heavy atom. The second-order valence-electron chi connectivity index (χ2n) is 4.19. The predicted octanol–water partition coefficient (Wildman–Crippen LogP) is 1.83. The zero-order valence-corrected chi connectivity index (χ0v) is 9.93. The molecular formula is C13H16N2O2. The summed E-state index contributed by atoms with van der Waals surface area (Å²) in [6.45, 7) is 3.56. The van der Waals surface area contributed by atoms with Crippen LogP contribution in [0.4, 0.5) is 10.5 Å². The van der Waals surface area contributed by atoms with E-state index in [2.05, 4.69) is 0 Å². The number of hydrogen-bond acceptors (Lipinski definition) is 2. The molecule has 17 heavy (non-hydrogen) atoms. The number of hydrogen-bond donors (Lipinski definition) is 0. The number of carbonyl (C=O) groups is 2. The van der Waals surface area contributed by atoms with E-state index in [1.165, 1.54) is 0 Å². The Hall–Kier alpha value is -1.84. The van der Waals surface area contributed by atoms with Crippen LogP contribution in [0.2, 0.25) is 0 Å². The summed E-state index contributed by atoms with van der Waals surface area (Å²) < 4.78 is 0. The first-order valence-electron chi connectivity index (χ1n) is 5.79. The molecule has 1 heterocycles. The van der Waals surface area contributed by atoms with E-state index in [0.29, 0.717) is 6.54 Å². The molecule has 2 amide bonds. The number of rotatable bonds is 3. The maximum absolute atomic E-state index is 12.2. The highest BCUT2D eigenvalue weighted by molar-refractivity contribution is 5.94. The van der Waals surface area contributed by atoms with E-state index in [0.717, 1.165) is 30.5 Å². The molecule has 4 heteroatoms. The largest absolute Gasteiger partial charge is 0.324 e. The lowest BCUT2D eigenvalue weighted by Gasteiger charge is -2.35. The zero-order valence-electron chi connectivity index (χ0n) is 9.93. The fraction of sp³-hybridized carbons (Fsp3) is 0.385. The molecular weight excluding hydrogens is 216 g/mol. The number of para-hydroxylation sites is 1. The third kappa shape index (κ3) is 2.30. The van der Waals surface area contributed by atoms with Crippen molar-refractivity contribution < 1.29 is 9.59 Å². The van der Waals surface area contributed by atoms with Crippen molar-refractivity contribution in [1.82, 2.24) is 4.90 Å². The third-order valence-electron chi connectivity index (χ3n) is 3.01. The average Bonchev–Trinajstić information content (AvgIpc) is 2.33. The molecule has 1 saturated heterocycles. The quantitative estimate of drug-likeness (QED) is 0.746. The summed E-state index contributed by atoms with van der Waals surface area (Å²) in [6.07, 6.45) is 1.67. The first-order valence-corrected chi connectivity index (χ1v) is 5.79. The summed E-state index contributed by atoms with van der Waals surface area (Å²) in [7, 11) is 0. The summed E-state index contributed by atoms with van der Waals surface area (Å²) in [5.74, 6) is 0. The van der Waals surface area contributed by atoms with Crippen LogP contribution < -0.4 is 4.90 Å². The van der Waals surface area contributed by atoms with Gasteiger partial charge in [0.2, 0.25) is 0 Å². The Bertz CT molecular complexity index is 431. The summed E-state index contributed by atoms with van der Waals surface area (Å²) in [5.41, 5.74) is 2.02. The molecule has 0 aliphatic carbocycles. The van der Waals surface area contributed by atoms with Gasteiger partial charge < -0.3 is 9.69 Å². The van der Waals surface area contributed by atoms with E-state index in [4.69, 9.17) is 0 Å². The number of nitrogens with zero attached hydrogens (tertiary/aromatic N) is 2. The normalized spacial score (nSPS) is 16.2. The molecule has 1 fully saturated rings. The van der Waals surface area contributed by atoms with Crippen molar-refractivity contribution >= 4 is 18.0 Å². The second-order valence-corrected chi connectivity index (χ2v) is 4.19. The summed E-state index contributed by atoms with van der Waals surface area (Å²) in [4.78, 5) is 26.0. The van der Waals surface area contributed by atoms with E-state index in [1.54, 1.807) is 9.80 Å². The Morgan fingerprint density at radius 2 is 2.06 bits per heavy atom. The number of anilines is 1. The van der Waals surface area contributed by atoms with E-state index in [-0.39, 0.29) is 12.6 Å². The van der Waals surface area contributed by atoms with Gasteiger partial charge in [-0.2, -0.15) is 0 Å². The smallest absolute Gasteiger partial charge is 0.317 e. The van der Waals surface area contributed by atoms with Gasteiger partial charge in [-0.15, -0.1) is 0 Å². The Labute approximate surface area is 101 Å². The van der Waals surface area contributed by atoms with Gasteiger partial charge in [-0.05, 0) is 25.0 Å². The van der Waals surface area contributed by atoms with Crippen LogP contribution in [0.5, 0.6) is 0 Å². The highest BCUT2D eigenvalue weighted by Gasteiger charge is 2.26. The van der Waals surface area contributed by atoms with Crippen LogP contribution in [0, 0.1) is 6.92 Å². The fourth-order valence-electron chi connectivity index (χ4n) is 2.13.